The van der Waals surface area contributed by atoms with Crippen LogP contribution in [-0.4, -0.2) is 33.9 Å². The summed E-state index contributed by atoms with van der Waals surface area (Å²) in [4.78, 5) is 18.4. The maximum Gasteiger partial charge on any atom is 0.573 e. The van der Waals surface area contributed by atoms with Crippen LogP contribution in [-0.2, 0) is 0 Å². The second-order valence-electron chi connectivity index (χ2n) is 6.42. The number of amides is 1. The largest absolute Gasteiger partial charge is 0.573 e. The van der Waals surface area contributed by atoms with E-state index >= 15 is 0 Å². The highest BCUT2D eigenvalue weighted by molar-refractivity contribution is 6.04. The van der Waals surface area contributed by atoms with Gasteiger partial charge in [0.15, 0.2) is 5.82 Å². The third-order valence-electron chi connectivity index (χ3n) is 4.39. The minimum atomic E-state index is -4.80. The summed E-state index contributed by atoms with van der Waals surface area (Å²) in [6.07, 6.45) is -4.80. The van der Waals surface area contributed by atoms with Crippen molar-refractivity contribution in [3.05, 3.63) is 66.1 Å². The summed E-state index contributed by atoms with van der Waals surface area (Å²) in [6.45, 7) is 1.64. The lowest BCUT2D eigenvalue weighted by Crippen LogP contribution is -2.26. The fourth-order valence-electron chi connectivity index (χ4n) is 2.92. The third kappa shape index (κ3) is 3.71. The number of anilines is 1. The summed E-state index contributed by atoms with van der Waals surface area (Å²) in [5.74, 6) is -0.511. The quantitative estimate of drug-likeness (QED) is 0.491. The van der Waals surface area contributed by atoms with Gasteiger partial charge < -0.3 is 14.1 Å². The second-order valence-corrected chi connectivity index (χ2v) is 6.42. The highest BCUT2D eigenvalue weighted by Gasteiger charge is 2.31. The molecule has 4 aromatic rings. The normalized spacial score (nSPS) is 11.6. The molecule has 7 nitrogen and oxygen atoms in total. The summed E-state index contributed by atoms with van der Waals surface area (Å²) in [6, 6.07) is 14.3. The van der Waals surface area contributed by atoms with Crippen LogP contribution in [0.5, 0.6) is 5.75 Å². The fourth-order valence-corrected chi connectivity index (χ4v) is 2.92. The number of ether oxygens (including phenoxy) is 1. The molecular weight excluding hydrogens is 401 g/mol. The minimum Gasteiger partial charge on any atom is -0.416 e. The molecule has 0 radical (unpaired) electrons. The van der Waals surface area contributed by atoms with Gasteiger partial charge in [-0.25, -0.2) is 0 Å². The second kappa shape index (κ2) is 7.21. The van der Waals surface area contributed by atoms with Gasteiger partial charge in [-0.3, -0.25) is 4.79 Å². The van der Waals surface area contributed by atoms with Gasteiger partial charge in [0.2, 0.25) is 5.76 Å². The van der Waals surface area contributed by atoms with Crippen LogP contribution in [0, 0.1) is 6.92 Å². The molecule has 1 amide bonds. The monoisotopic (exact) mass is 416 g/mol. The molecule has 0 aliphatic rings. The van der Waals surface area contributed by atoms with Gasteiger partial charge >= 0.3 is 12.2 Å². The first-order valence-corrected chi connectivity index (χ1v) is 8.78. The van der Waals surface area contributed by atoms with Crippen molar-refractivity contribution in [2.75, 3.05) is 11.9 Å². The highest BCUT2D eigenvalue weighted by Crippen LogP contribution is 2.28. The van der Waals surface area contributed by atoms with Crippen molar-refractivity contribution in [1.29, 1.82) is 0 Å². The number of aromatic nitrogens is 3. The SMILES string of the molecule is Cc1c(C(=O)N(C)c2ccccc2)oc2nc(-c3cccc(OC(F)(F)F)c3)nn12. The molecule has 4 rings (SSSR count). The van der Waals surface area contributed by atoms with Crippen molar-refractivity contribution in [3.8, 4) is 17.1 Å². The summed E-state index contributed by atoms with van der Waals surface area (Å²) in [5, 5.41) is 4.26. The summed E-state index contributed by atoms with van der Waals surface area (Å²) < 4.78 is 48.2. The number of halogens is 3. The molecule has 0 saturated heterocycles. The Morgan fingerprint density at radius 2 is 1.87 bits per heavy atom. The van der Waals surface area contributed by atoms with Crippen LogP contribution in [0.15, 0.2) is 59.0 Å². The average Bonchev–Trinajstić information content (AvgIpc) is 3.26. The molecule has 0 bridgehead atoms. The van der Waals surface area contributed by atoms with Crippen LogP contribution in [0.2, 0.25) is 0 Å². The van der Waals surface area contributed by atoms with Crippen molar-refractivity contribution in [2.24, 2.45) is 0 Å². The van der Waals surface area contributed by atoms with E-state index in [-0.39, 0.29) is 29.1 Å². The number of rotatable bonds is 4. The van der Waals surface area contributed by atoms with E-state index in [4.69, 9.17) is 4.42 Å². The molecular formula is C20H15F3N4O3. The predicted molar refractivity (Wildman–Crippen MR) is 101 cm³/mol. The first-order chi connectivity index (χ1) is 14.2. The lowest BCUT2D eigenvalue weighted by atomic mass is 10.2. The predicted octanol–water partition coefficient (Wildman–Crippen LogP) is 4.47. The minimum absolute atomic E-state index is 0.0504. The van der Waals surface area contributed by atoms with Crippen LogP contribution >= 0.6 is 0 Å². The number of carbonyl (C=O) groups is 1. The standard InChI is InChI=1S/C20H15F3N4O3/c1-12-16(18(28)26(2)14-8-4-3-5-9-14)29-19-24-17(25-27(12)19)13-7-6-10-15(11-13)30-20(21,22)23/h3-11H,1-2H3. The van der Waals surface area contributed by atoms with Crippen LogP contribution in [0.1, 0.15) is 16.2 Å². The van der Waals surface area contributed by atoms with Gasteiger partial charge in [-0.2, -0.15) is 9.50 Å². The number of fused-ring (bicyclic) bond motifs is 1. The van der Waals surface area contributed by atoms with Gasteiger partial charge in [0.25, 0.3) is 5.91 Å². The molecule has 30 heavy (non-hydrogen) atoms. The van der Waals surface area contributed by atoms with Gasteiger partial charge in [0.05, 0.1) is 5.69 Å². The number of oxazole rings is 1. The van der Waals surface area contributed by atoms with Gasteiger partial charge in [-0.05, 0) is 31.2 Å². The summed E-state index contributed by atoms with van der Waals surface area (Å²) in [7, 11) is 1.62. The van der Waals surface area contributed by atoms with E-state index in [1.807, 2.05) is 18.2 Å². The van der Waals surface area contributed by atoms with E-state index in [0.29, 0.717) is 16.9 Å². The zero-order valence-electron chi connectivity index (χ0n) is 15.8. The molecule has 2 heterocycles. The Bertz CT molecular complexity index is 1220. The van der Waals surface area contributed by atoms with E-state index in [0.717, 1.165) is 0 Å². The van der Waals surface area contributed by atoms with E-state index in [1.54, 1.807) is 32.2 Å². The summed E-state index contributed by atoms with van der Waals surface area (Å²) >= 11 is 0. The van der Waals surface area contributed by atoms with Crippen molar-refractivity contribution >= 4 is 17.4 Å². The lowest BCUT2D eigenvalue weighted by Gasteiger charge is -2.15. The number of para-hydroxylation sites is 1. The van der Waals surface area contributed by atoms with Crippen molar-refractivity contribution in [2.45, 2.75) is 13.3 Å². The van der Waals surface area contributed by atoms with E-state index in [2.05, 4.69) is 14.8 Å². The smallest absolute Gasteiger partial charge is 0.416 e. The Kier molecular flexibility index (Phi) is 4.69. The molecule has 0 unspecified atom stereocenters. The molecule has 0 fully saturated rings. The molecule has 2 aromatic carbocycles. The molecule has 10 heteroatoms. The van der Waals surface area contributed by atoms with Crippen molar-refractivity contribution in [3.63, 3.8) is 0 Å². The maximum absolute atomic E-state index is 12.8. The van der Waals surface area contributed by atoms with Crippen molar-refractivity contribution in [1.82, 2.24) is 14.6 Å². The van der Waals surface area contributed by atoms with Crippen LogP contribution in [0.4, 0.5) is 18.9 Å². The Hall–Kier alpha value is -3.82. The van der Waals surface area contributed by atoms with Gasteiger partial charge in [0, 0.05) is 18.3 Å². The molecule has 0 N–H and O–H groups in total. The van der Waals surface area contributed by atoms with Crippen LogP contribution < -0.4 is 9.64 Å². The summed E-state index contributed by atoms with van der Waals surface area (Å²) in [5.41, 5.74) is 1.41. The number of carbonyl (C=O) groups excluding carboxylic acids is 1. The van der Waals surface area contributed by atoms with Crippen LogP contribution in [0.25, 0.3) is 17.2 Å². The van der Waals surface area contributed by atoms with Crippen LogP contribution in [0.3, 0.4) is 0 Å². The molecule has 2 aromatic heterocycles. The lowest BCUT2D eigenvalue weighted by molar-refractivity contribution is -0.274. The molecule has 0 spiro atoms. The molecule has 154 valence electrons. The van der Waals surface area contributed by atoms with Gasteiger partial charge in [0.1, 0.15) is 5.75 Å². The first kappa shape index (κ1) is 19.5. The van der Waals surface area contributed by atoms with E-state index < -0.39 is 6.36 Å². The number of hydrogen-bond donors (Lipinski definition) is 0. The first-order valence-electron chi connectivity index (χ1n) is 8.78. The molecule has 0 aliphatic heterocycles. The number of nitrogens with zero attached hydrogens (tertiary/aromatic N) is 4. The molecule has 0 aliphatic carbocycles. The number of hydrogen-bond acceptors (Lipinski definition) is 5. The van der Waals surface area contributed by atoms with Gasteiger partial charge in [-0.15, -0.1) is 18.3 Å². The average molecular weight is 416 g/mol. The number of benzene rings is 2. The Labute approximate surface area is 168 Å². The molecule has 0 saturated carbocycles. The van der Waals surface area contributed by atoms with Crippen molar-refractivity contribution < 1.29 is 27.1 Å². The zero-order valence-corrected chi connectivity index (χ0v) is 15.8. The highest BCUT2D eigenvalue weighted by atomic mass is 19.4. The third-order valence-corrected chi connectivity index (χ3v) is 4.39. The maximum atomic E-state index is 12.8. The topological polar surface area (TPSA) is 72.9 Å². The zero-order chi connectivity index (χ0) is 21.5. The Balaban J connectivity index is 1.65. The van der Waals surface area contributed by atoms with Gasteiger partial charge in [-0.1, -0.05) is 30.3 Å². The number of aryl methyl sites for hydroxylation is 1. The van der Waals surface area contributed by atoms with E-state index in [1.165, 1.54) is 27.6 Å². The Morgan fingerprint density at radius 1 is 1.13 bits per heavy atom. The van der Waals surface area contributed by atoms with E-state index in [9.17, 15) is 18.0 Å². The fraction of sp³-hybridized carbons (Fsp3) is 0.150. The number of alkyl halides is 3. The molecule has 0 atom stereocenters. The Morgan fingerprint density at radius 3 is 2.53 bits per heavy atom.